The number of thiophene rings is 1. The van der Waals surface area contributed by atoms with E-state index in [1.54, 1.807) is 28.8 Å². The predicted molar refractivity (Wildman–Crippen MR) is 154 cm³/mol. The third-order valence-electron chi connectivity index (χ3n) is 8.27. The third-order valence-corrected chi connectivity index (χ3v) is 10.1. The Labute approximate surface area is 253 Å². The van der Waals surface area contributed by atoms with Crippen LogP contribution in [0.25, 0.3) is 21.8 Å². The summed E-state index contributed by atoms with van der Waals surface area (Å²) in [6.07, 6.45) is 0.805. The molecule has 2 saturated heterocycles. The molecule has 3 aliphatic rings. The molecule has 2 bridgehead atoms. The number of hydrogen-bond acceptors (Lipinski definition) is 10. The zero-order chi connectivity index (χ0) is 29.7. The van der Waals surface area contributed by atoms with E-state index in [1.165, 1.54) is 30.6 Å². The number of anilines is 1. The Kier molecular flexibility index (Phi) is 7.42. The van der Waals surface area contributed by atoms with Crippen LogP contribution in [0.4, 0.5) is 18.3 Å². The van der Waals surface area contributed by atoms with Crippen LogP contribution in [0.15, 0.2) is 45.6 Å². The highest BCUT2D eigenvalue weighted by Gasteiger charge is 2.43. The van der Waals surface area contributed by atoms with Crippen LogP contribution in [0.5, 0.6) is 5.75 Å². The van der Waals surface area contributed by atoms with Crippen LogP contribution in [0.3, 0.4) is 0 Å². The second-order valence-electron chi connectivity index (χ2n) is 11.1. The van der Waals surface area contributed by atoms with E-state index in [4.69, 9.17) is 19.0 Å². The second-order valence-corrected chi connectivity index (χ2v) is 12.8. The maximum atomic E-state index is 13.1. The quantitative estimate of drug-likeness (QED) is 0.173. The number of piperidine rings is 1. The Morgan fingerprint density at radius 2 is 1.86 bits per heavy atom. The van der Waals surface area contributed by atoms with Crippen molar-refractivity contribution in [2.24, 2.45) is 0 Å². The van der Waals surface area contributed by atoms with Crippen molar-refractivity contribution in [2.45, 2.75) is 75.6 Å². The van der Waals surface area contributed by atoms with Gasteiger partial charge in [-0.05, 0) is 56.7 Å². The summed E-state index contributed by atoms with van der Waals surface area (Å²) >= 11 is 3.07. The lowest BCUT2D eigenvalue weighted by atomic mass is 10.00. The van der Waals surface area contributed by atoms with Gasteiger partial charge >= 0.3 is 12.3 Å². The zero-order valence-electron chi connectivity index (χ0n) is 23.1. The fraction of sp³-hybridized carbons (Fsp3) is 0.433. The van der Waals surface area contributed by atoms with Crippen molar-refractivity contribution in [3.8, 4) is 27.6 Å². The molecule has 43 heavy (non-hydrogen) atoms. The molecule has 13 heteroatoms. The van der Waals surface area contributed by atoms with Crippen molar-refractivity contribution in [3.63, 3.8) is 0 Å². The molecule has 2 unspecified atom stereocenters. The molecule has 0 N–H and O–H groups in total. The van der Waals surface area contributed by atoms with Gasteiger partial charge in [-0.25, -0.2) is 9.78 Å². The second kappa shape index (κ2) is 11.3. The zero-order valence-corrected chi connectivity index (χ0v) is 24.8. The molecular weight excluding hydrogens is 603 g/mol. The van der Waals surface area contributed by atoms with Gasteiger partial charge in [-0.2, -0.15) is 0 Å². The van der Waals surface area contributed by atoms with Crippen molar-refractivity contribution >= 4 is 33.8 Å². The number of aromatic nitrogens is 2. The van der Waals surface area contributed by atoms with Gasteiger partial charge in [-0.1, -0.05) is 17.3 Å². The number of esters is 1. The maximum Gasteiger partial charge on any atom is 0.573 e. The van der Waals surface area contributed by atoms with Crippen molar-refractivity contribution in [2.75, 3.05) is 12.0 Å². The van der Waals surface area contributed by atoms with Crippen LogP contribution in [-0.2, 0) is 16.1 Å². The predicted octanol–water partition coefficient (Wildman–Crippen LogP) is 7.81. The van der Waals surface area contributed by atoms with Crippen LogP contribution in [0, 0.1) is 0 Å². The molecule has 5 heterocycles. The summed E-state index contributed by atoms with van der Waals surface area (Å²) in [5.41, 5.74) is 2.63. The molecule has 1 aromatic carbocycles. The number of benzene rings is 1. The maximum absolute atomic E-state index is 13.1. The van der Waals surface area contributed by atoms with Gasteiger partial charge in [0.15, 0.2) is 5.13 Å². The summed E-state index contributed by atoms with van der Waals surface area (Å²) in [5, 5.41) is 8.97. The number of carbonyl (C=O) groups excluding carboxylic acids is 1. The van der Waals surface area contributed by atoms with E-state index in [2.05, 4.69) is 14.8 Å². The molecule has 3 aromatic heterocycles. The highest BCUT2D eigenvalue weighted by molar-refractivity contribution is 7.16. The minimum Gasteiger partial charge on any atom is -0.465 e. The van der Waals surface area contributed by atoms with Gasteiger partial charge in [0.05, 0.1) is 36.0 Å². The molecular formula is C30H28F3N3O5S2. The van der Waals surface area contributed by atoms with Crippen molar-refractivity contribution in [1.29, 1.82) is 0 Å². The Hall–Kier alpha value is -3.42. The van der Waals surface area contributed by atoms with E-state index < -0.39 is 6.36 Å². The number of methoxy groups -OCH3 is 1. The standard InChI is InChI=1S/C30H28F3N3O5S2/c1-38-28(37)17-10-25(42-14-17)23-15-43-29(34-23)36-18-8-9-19(36)12-20(11-18)39-13-22-26(35-41-27(22)16-6-7-16)21-4-2-3-5-24(21)40-30(31,32)33/h2-5,10,14-16,18-20H,6-9,11-13H2,1H3/t18-,19?,20?/m1/s1. The molecule has 7 rings (SSSR count). The average molecular weight is 632 g/mol. The molecule has 0 radical (unpaired) electrons. The average Bonchev–Trinajstić information content (AvgIpc) is 3.31. The van der Waals surface area contributed by atoms with Gasteiger partial charge in [0.1, 0.15) is 17.2 Å². The Balaban J connectivity index is 1.06. The van der Waals surface area contributed by atoms with Gasteiger partial charge in [0.25, 0.3) is 0 Å². The van der Waals surface area contributed by atoms with E-state index in [-0.39, 0.29) is 48.0 Å². The molecule has 1 saturated carbocycles. The van der Waals surface area contributed by atoms with Crippen molar-refractivity contribution in [1.82, 2.24) is 10.1 Å². The monoisotopic (exact) mass is 631 g/mol. The summed E-state index contributed by atoms with van der Waals surface area (Å²) < 4.78 is 60.7. The number of nitrogens with zero attached hydrogens (tertiary/aromatic N) is 3. The largest absolute Gasteiger partial charge is 0.573 e. The van der Waals surface area contributed by atoms with E-state index in [0.29, 0.717) is 22.6 Å². The van der Waals surface area contributed by atoms with Gasteiger partial charge in [0, 0.05) is 39.9 Å². The number of para-hydroxylation sites is 1. The first-order valence-corrected chi connectivity index (χ1v) is 15.9. The minimum atomic E-state index is -4.82. The summed E-state index contributed by atoms with van der Waals surface area (Å²) in [6, 6.07) is 8.37. The number of rotatable bonds is 9. The van der Waals surface area contributed by atoms with Gasteiger partial charge < -0.3 is 23.6 Å². The molecule has 2 aliphatic heterocycles. The number of halogens is 3. The molecule has 1 aliphatic carbocycles. The van der Waals surface area contributed by atoms with E-state index in [0.717, 1.165) is 54.2 Å². The summed E-state index contributed by atoms with van der Waals surface area (Å²) in [7, 11) is 1.37. The lowest BCUT2D eigenvalue weighted by Crippen LogP contribution is -2.45. The van der Waals surface area contributed by atoms with Crippen LogP contribution in [0.2, 0.25) is 0 Å². The van der Waals surface area contributed by atoms with E-state index >= 15 is 0 Å². The highest BCUT2D eigenvalue weighted by Crippen LogP contribution is 2.47. The first kappa shape index (κ1) is 28.4. The number of alkyl halides is 3. The first-order valence-electron chi connectivity index (χ1n) is 14.1. The number of carbonyl (C=O) groups is 1. The molecule has 0 amide bonds. The molecule has 3 atom stereocenters. The minimum absolute atomic E-state index is 0.00966. The fourth-order valence-electron chi connectivity index (χ4n) is 6.18. The fourth-order valence-corrected chi connectivity index (χ4v) is 8.06. The van der Waals surface area contributed by atoms with Gasteiger partial charge in [-0.3, -0.25) is 0 Å². The molecule has 3 fully saturated rings. The van der Waals surface area contributed by atoms with E-state index in [9.17, 15) is 18.0 Å². The number of thiazole rings is 1. The van der Waals surface area contributed by atoms with Crippen molar-refractivity contribution < 1.29 is 36.7 Å². The smallest absolute Gasteiger partial charge is 0.465 e. The lowest BCUT2D eigenvalue weighted by molar-refractivity contribution is -0.274. The van der Waals surface area contributed by atoms with Crippen LogP contribution >= 0.6 is 22.7 Å². The third kappa shape index (κ3) is 5.77. The molecule has 226 valence electrons. The van der Waals surface area contributed by atoms with Crippen LogP contribution in [-0.4, -0.2) is 47.8 Å². The Bertz CT molecular complexity index is 1610. The molecule has 8 nitrogen and oxygen atoms in total. The molecule has 4 aromatic rings. The normalized spacial score (nSPS) is 21.8. The Morgan fingerprint density at radius 3 is 2.58 bits per heavy atom. The lowest BCUT2D eigenvalue weighted by Gasteiger charge is -2.38. The summed E-state index contributed by atoms with van der Waals surface area (Å²) in [5.74, 6) is 0.223. The first-order chi connectivity index (χ1) is 20.8. The van der Waals surface area contributed by atoms with Crippen LogP contribution in [0.1, 0.15) is 66.1 Å². The number of hydrogen-bond donors (Lipinski definition) is 0. The molecule has 0 spiro atoms. The number of ether oxygens (including phenoxy) is 3. The number of fused-ring (bicyclic) bond motifs is 2. The van der Waals surface area contributed by atoms with E-state index in [1.807, 2.05) is 11.4 Å². The highest BCUT2D eigenvalue weighted by atomic mass is 32.1. The van der Waals surface area contributed by atoms with Crippen molar-refractivity contribution in [3.05, 3.63) is 58.0 Å². The topological polar surface area (TPSA) is 86.9 Å². The van der Waals surface area contributed by atoms with Gasteiger partial charge in [0.2, 0.25) is 0 Å². The Morgan fingerprint density at radius 1 is 1.09 bits per heavy atom. The summed E-state index contributed by atoms with van der Waals surface area (Å²) in [4.78, 5) is 20.1. The van der Waals surface area contributed by atoms with Gasteiger partial charge in [-0.15, -0.1) is 35.8 Å². The van der Waals surface area contributed by atoms with Crippen LogP contribution < -0.4 is 9.64 Å². The SMILES string of the molecule is COC(=O)c1csc(-c2csc(N3C4CC[C@@H]3CC(OCc3c(-c5ccccc5OC(F)(F)F)noc3C3CC3)C4)n2)c1. The summed E-state index contributed by atoms with van der Waals surface area (Å²) in [6.45, 7) is 0.206.